The smallest absolute Gasteiger partial charge is 0.349 e. The number of methoxy groups -OCH3 is 1. The number of carbonyl (C=O) groups excluding carboxylic acids is 1. The molecule has 0 saturated carbocycles. The first-order chi connectivity index (χ1) is 15.2. The topological polar surface area (TPSA) is 57.9 Å². The number of hydrogen-bond donors (Lipinski definition) is 0. The monoisotopic (exact) mass is 456 g/mol. The molecule has 0 spiro atoms. The van der Waals surface area contributed by atoms with Crippen LogP contribution in [0, 0.1) is 0 Å². The molecule has 162 valence electrons. The molecule has 0 bridgehead atoms. The quantitative estimate of drug-likeness (QED) is 0.344. The Morgan fingerprint density at radius 1 is 1.06 bits per heavy atom. The van der Waals surface area contributed by atoms with Crippen LogP contribution in [0.25, 0.3) is 11.0 Å². The molecular formula is C24H24O5S2. The predicted molar refractivity (Wildman–Crippen MR) is 125 cm³/mol. The molecule has 2 aliphatic rings. The summed E-state index contributed by atoms with van der Waals surface area (Å²) in [7, 11) is 1.59. The Morgan fingerprint density at radius 2 is 1.90 bits per heavy atom. The van der Waals surface area contributed by atoms with Gasteiger partial charge in [0.2, 0.25) is 0 Å². The van der Waals surface area contributed by atoms with E-state index in [1.54, 1.807) is 13.2 Å². The number of rotatable bonds is 6. The summed E-state index contributed by atoms with van der Waals surface area (Å²) in [5, 5.41) is 1.08. The Bertz CT molecular complexity index is 1100. The first-order valence-electron chi connectivity index (χ1n) is 10.5. The molecular weight excluding hydrogens is 432 g/mol. The lowest BCUT2D eigenvalue weighted by Gasteiger charge is -2.14. The second-order valence-corrected chi connectivity index (χ2v) is 10.3. The van der Waals surface area contributed by atoms with Crippen molar-refractivity contribution in [3.63, 3.8) is 0 Å². The molecule has 0 N–H and O–H groups in total. The molecule has 2 heterocycles. The molecule has 0 unspecified atom stereocenters. The van der Waals surface area contributed by atoms with Gasteiger partial charge in [0.1, 0.15) is 17.1 Å². The highest BCUT2D eigenvalue weighted by Crippen LogP contribution is 2.47. The second kappa shape index (κ2) is 9.09. The largest absolute Gasteiger partial charge is 0.493 e. The van der Waals surface area contributed by atoms with Gasteiger partial charge in [0.15, 0.2) is 18.1 Å². The highest BCUT2D eigenvalue weighted by molar-refractivity contribution is 8.19. The molecule has 7 heteroatoms. The Balaban J connectivity index is 1.24. The third kappa shape index (κ3) is 4.39. The Hall–Kier alpha value is -2.25. The highest BCUT2D eigenvalue weighted by atomic mass is 32.2. The molecule has 1 aliphatic carbocycles. The standard InChI is InChI=1S/C24H24O5S2/c1-26-22-12-15(24-30-10-11-31-24)6-8-21(22)29-23(25)14-27-16-7-9-20-18(13-16)17-4-2-3-5-19(17)28-20/h6-9,12-13,24H,2-5,10-11,14H2,1H3. The van der Waals surface area contributed by atoms with E-state index in [1.807, 2.05) is 53.9 Å². The maximum Gasteiger partial charge on any atom is 0.349 e. The van der Waals surface area contributed by atoms with Gasteiger partial charge < -0.3 is 18.6 Å². The van der Waals surface area contributed by atoms with Crippen molar-refractivity contribution in [1.82, 2.24) is 0 Å². The predicted octanol–water partition coefficient (Wildman–Crippen LogP) is 5.78. The minimum Gasteiger partial charge on any atom is -0.493 e. The van der Waals surface area contributed by atoms with Gasteiger partial charge in [0, 0.05) is 28.9 Å². The van der Waals surface area contributed by atoms with Crippen LogP contribution >= 0.6 is 23.5 Å². The fourth-order valence-corrected chi connectivity index (χ4v) is 6.93. The van der Waals surface area contributed by atoms with E-state index >= 15 is 0 Å². The number of ether oxygens (including phenoxy) is 3. The van der Waals surface area contributed by atoms with Gasteiger partial charge in [-0.3, -0.25) is 0 Å². The first kappa shape index (κ1) is 20.6. The van der Waals surface area contributed by atoms with Crippen molar-refractivity contribution in [3.05, 3.63) is 53.3 Å². The third-order valence-electron chi connectivity index (χ3n) is 5.59. The normalized spacial score (nSPS) is 16.3. The van der Waals surface area contributed by atoms with E-state index in [0.29, 0.717) is 21.8 Å². The van der Waals surface area contributed by atoms with Crippen molar-refractivity contribution in [2.24, 2.45) is 0 Å². The van der Waals surface area contributed by atoms with Gasteiger partial charge in [-0.1, -0.05) is 6.07 Å². The fourth-order valence-electron chi connectivity index (χ4n) is 4.09. The average Bonchev–Trinajstić information content (AvgIpc) is 3.46. The van der Waals surface area contributed by atoms with Crippen LogP contribution < -0.4 is 14.2 Å². The van der Waals surface area contributed by atoms with Gasteiger partial charge in [-0.15, -0.1) is 23.5 Å². The number of furan rings is 1. The van der Waals surface area contributed by atoms with Gasteiger partial charge in [-0.2, -0.15) is 0 Å². The molecule has 2 aromatic carbocycles. The molecule has 5 nitrogen and oxygen atoms in total. The summed E-state index contributed by atoms with van der Waals surface area (Å²) in [6, 6.07) is 11.5. The van der Waals surface area contributed by atoms with Crippen molar-refractivity contribution in [2.45, 2.75) is 30.3 Å². The molecule has 1 aromatic heterocycles. The van der Waals surface area contributed by atoms with E-state index in [2.05, 4.69) is 0 Å². The van der Waals surface area contributed by atoms with Crippen LogP contribution in [0.1, 0.15) is 34.3 Å². The lowest BCUT2D eigenvalue weighted by molar-refractivity contribution is -0.136. The first-order valence-corrected chi connectivity index (χ1v) is 12.6. The lowest BCUT2D eigenvalue weighted by atomic mass is 9.96. The Morgan fingerprint density at radius 3 is 2.74 bits per heavy atom. The van der Waals surface area contributed by atoms with Crippen LogP contribution in [0.5, 0.6) is 17.2 Å². The van der Waals surface area contributed by atoms with E-state index in [4.69, 9.17) is 18.6 Å². The lowest BCUT2D eigenvalue weighted by Crippen LogP contribution is -2.18. The van der Waals surface area contributed by atoms with E-state index in [0.717, 1.165) is 41.1 Å². The van der Waals surface area contributed by atoms with Crippen LogP contribution in [-0.4, -0.2) is 31.2 Å². The van der Waals surface area contributed by atoms with Gasteiger partial charge in [-0.25, -0.2) is 4.79 Å². The zero-order valence-corrected chi connectivity index (χ0v) is 19.0. The number of benzene rings is 2. The molecule has 0 radical (unpaired) electrons. The molecule has 1 aliphatic heterocycles. The van der Waals surface area contributed by atoms with E-state index in [9.17, 15) is 4.79 Å². The second-order valence-electron chi connectivity index (χ2n) is 7.62. The van der Waals surface area contributed by atoms with Gasteiger partial charge >= 0.3 is 5.97 Å². The van der Waals surface area contributed by atoms with Crippen LogP contribution in [0.4, 0.5) is 0 Å². The number of aryl methyl sites for hydroxylation is 2. The van der Waals surface area contributed by atoms with Gasteiger partial charge in [0.05, 0.1) is 11.7 Å². The van der Waals surface area contributed by atoms with Crippen LogP contribution in [0.3, 0.4) is 0 Å². The van der Waals surface area contributed by atoms with Crippen molar-refractivity contribution in [2.75, 3.05) is 25.2 Å². The summed E-state index contributed by atoms with van der Waals surface area (Å²) >= 11 is 3.85. The van der Waals surface area contributed by atoms with E-state index in [-0.39, 0.29) is 6.61 Å². The fraction of sp³-hybridized carbons (Fsp3) is 0.375. The summed E-state index contributed by atoms with van der Waals surface area (Å²) in [5.41, 5.74) is 3.33. The van der Waals surface area contributed by atoms with Crippen molar-refractivity contribution >= 4 is 40.5 Å². The van der Waals surface area contributed by atoms with Crippen LogP contribution in [-0.2, 0) is 17.6 Å². The van der Waals surface area contributed by atoms with Crippen molar-refractivity contribution in [1.29, 1.82) is 0 Å². The maximum absolute atomic E-state index is 12.4. The summed E-state index contributed by atoms with van der Waals surface area (Å²) in [6.45, 7) is -0.176. The van der Waals surface area contributed by atoms with Gasteiger partial charge in [0.25, 0.3) is 0 Å². The van der Waals surface area contributed by atoms with E-state index < -0.39 is 5.97 Å². The third-order valence-corrected chi connectivity index (χ3v) is 8.69. The van der Waals surface area contributed by atoms with Gasteiger partial charge in [-0.05, 0) is 55.2 Å². The molecule has 1 saturated heterocycles. The van der Waals surface area contributed by atoms with Crippen LogP contribution in [0.2, 0.25) is 0 Å². The van der Waals surface area contributed by atoms with Crippen molar-refractivity contribution < 1.29 is 23.4 Å². The molecule has 3 aromatic rings. The number of fused-ring (bicyclic) bond motifs is 3. The average molecular weight is 457 g/mol. The molecule has 0 amide bonds. The molecule has 31 heavy (non-hydrogen) atoms. The van der Waals surface area contributed by atoms with Crippen LogP contribution in [0.15, 0.2) is 40.8 Å². The summed E-state index contributed by atoms with van der Waals surface area (Å²) in [5.74, 6) is 4.53. The van der Waals surface area contributed by atoms with E-state index in [1.165, 1.54) is 24.0 Å². The number of thioether (sulfide) groups is 2. The zero-order valence-electron chi connectivity index (χ0n) is 17.3. The molecule has 0 atom stereocenters. The zero-order chi connectivity index (χ0) is 21.2. The Labute approximate surface area is 189 Å². The number of esters is 1. The van der Waals surface area contributed by atoms with Crippen molar-refractivity contribution in [3.8, 4) is 17.2 Å². The maximum atomic E-state index is 12.4. The minimum absolute atomic E-state index is 0.176. The summed E-state index contributed by atoms with van der Waals surface area (Å²) in [4.78, 5) is 12.4. The number of carbonyl (C=O) groups is 1. The molecule has 1 fully saturated rings. The number of hydrogen-bond acceptors (Lipinski definition) is 7. The summed E-state index contributed by atoms with van der Waals surface area (Å²) in [6.07, 6.45) is 4.37. The minimum atomic E-state index is -0.468. The summed E-state index contributed by atoms with van der Waals surface area (Å²) < 4.78 is 23.1. The molecule has 5 rings (SSSR count). The SMILES string of the molecule is COc1cc(C2SCCS2)ccc1OC(=O)COc1ccc2oc3c(c2c1)CCCC3. The Kier molecular flexibility index (Phi) is 6.05. The highest BCUT2D eigenvalue weighted by Gasteiger charge is 2.21.